The molecule has 0 saturated carbocycles. The first-order chi connectivity index (χ1) is 10.3. The lowest BCUT2D eigenvalue weighted by Gasteiger charge is -2.18. The van der Waals surface area contributed by atoms with Crippen LogP contribution in [0.3, 0.4) is 0 Å². The molecule has 1 aromatic rings. The van der Waals surface area contributed by atoms with Gasteiger partial charge in [-0.25, -0.2) is 4.79 Å². The first kappa shape index (κ1) is 16.4. The number of hydrogen-bond donors (Lipinski definition) is 2. The number of aryl methyl sites for hydroxylation is 1. The molecule has 3 unspecified atom stereocenters. The molecule has 1 aromatic heterocycles. The van der Waals surface area contributed by atoms with Crippen molar-refractivity contribution in [1.82, 2.24) is 9.55 Å². The number of aromatic nitrogens is 2. The molecule has 1 saturated heterocycles. The Morgan fingerprint density at radius 3 is 2.82 bits per heavy atom. The first-order valence-corrected chi connectivity index (χ1v) is 7.21. The smallest absolute Gasteiger partial charge is 0.330 e. The van der Waals surface area contributed by atoms with E-state index >= 15 is 0 Å². The van der Waals surface area contributed by atoms with Gasteiger partial charge in [0.25, 0.3) is 5.56 Å². The second-order valence-electron chi connectivity index (χ2n) is 5.71. The topological polar surface area (TPSA) is 116 Å². The Morgan fingerprint density at radius 1 is 1.55 bits per heavy atom. The first-order valence-electron chi connectivity index (χ1n) is 7.21. The number of ether oxygens (including phenoxy) is 2. The monoisotopic (exact) mass is 311 g/mol. The molecule has 0 bridgehead atoms. The van der Waals surface area contributed by atoms with E-state index in [0.717, 1.165) is 0 Å². The van der Waals surface area contributed by atoms with Crippen LogP contribution in [0.1, 0.15) is 32.1 Å². The molecular weight excluding hydrogens is 290 g/mol. The fourth-order valence-corrected chi connectivity index (χ4v) is 2.29. The van der Waals surface area contributed by atoms with E-state index < -0.39 is 29.7 Å². The lowest BCUT2D eigenvalue weighted by molar-refractivity contribution is -0.155. The van der Waals surface area contributed by atoms with Gasteiger partial charge in [0, 0.05) is 24.7 Å². The van der Waals surface area contributed by atoms with Crippen LogP contribution in [0.5, 0.6) is 0 Å². The average Bonchev–Trinajstić information content (AvgIpc) is 2.85. The zero-order valence-electron chi connectivity index (χ0n) is 12.9. The van der Waals surface area contributed by atoms with Gasteiger partial charge in [-0.3, -0.25) is 19.1 Å². The molecule has 0 spiro atoms. The van der Waals surface area contributed by atoms with Gasteiger partial charge in [-0.05, 0) is 6.92 Å². The van der Waals surface area contributed by atoms with Crippen molar-refractivity contribution in [3.05, 3.63) is 32.6 Å². The maximum absolute atomic E-state index is 11.9. The number of hydrogen-bond acceptors (Lipinski definition) is 6. The van der Waals surface area contributed by atoms with E-state index in [4.69, 9.17) is 15.2 Å². The number of nitrogens with one attached hydrogen (secondary N) is 1. The summed E-state index contributed by atoms with van der Waals surface area (Å²) in [4.78, 5) is 37.3. The van der Waals surface area contributed by atoms with Crippen molar-refractivity contribution in [2.45, 2.75) is 45.6 Å². The van der Waals surface area contributed by atoms with Crippen molar-refractivity contribution in [1.29, 1.82) is 0 Å². The number of carbonyl (C=O) groups excluding carboxylic acids is 1. The van der Waals surface area contributed by atoms with Crippen molar-refractivity contribution in [2.24, 2.45) is 11.7 Å². The van der Waals surface area contributed by atoms with Crippen molar-refractivity contribution in [3.8, 4) is 0 Å². The van der Waals surface area contributed by atoms with Crippen molar-refractivity contribution < 1.29 is 14.3 Å². The third kappa shape index (κ3) is 3.28. The molecule has 8 nitrogen and oxygen atoms in total. The maximum atomic E-state index is 11.9. The normalized spacial score (nSPS) is 24.7. The molecule has 0 aromatic carbocycles. The van der Waals surface area contributed by atoms with Crippen LogP contribution in [0.15, 0.2) is 15.8 Å². The number of rotatable bonds is 4. The molecule has 22 heavy (non-hydrogen) atoms. The Bertz CT molecular complexity index is 663. The molecule has 1 fully saturated rings. The highest BCUT2D eigenvalue weighted by Crippen LogP contribution is 2.29. The van der Waals surface area contributed by atoms with Crippen molar-refractivity contribution in [3.63, 3.8) is 0 Å². The summed E-state index contributed by atoms with van der Waals surface area (Å²) >= 11 is 0. The lowest BCUT2D eigenvalue weighted by Crippen LogP contribution is -2.34. The SMILES string of the molecule is Cc1cn(C2CC(OC(=O)C(C)C)C(CN)O2)c(=O)[nH]c1=O. The molecule has 3 atom stereocenters. The molecule has 0 amide bonds. The zero-order chi connectivity index (χ0) is 16.4. The minimum Gasteiger partial charge on any atom is -0.459 e. The molecule has 2 rings (SSSR count). The van der Waals surface area contributed by atoms with Gasteiger partial charge >= 0.3 is 11.7 Å². The molecule has 0 aliphatic carbocycles. The summed E-state index contributed by atoms with van der Waals surface area (Å²) in [6.07, 6.45) is 0.134. The average molecular weight is 311 g/mol. The van der Waals surface area contributed by atoms with Gasteiger partial charge in [-0.2, -0.15) is 0 Å². The van der Waals surface area contributed by atoms with Crippen LogP contribution >= 0.6 is 0 Å². The van der Waals surface area contributed by atoms with E-state index in [1.54, 1.807) is 20.8 Å². The standard InChI is InChI=1S/C14H21N3O5/c1-7(2)13(19)22-9-4-11(21-10(9)5-15)17-6-8(3)12(18)16-14(17)20/h6-7,9-11H,4-5,15H2,1-3H3,(H,16,18,20). The zero-order valence-corrected chi connectivity index (χ0v) is 12.9. The van der Waals surface area contributed by atoms with E-state index in [9.17, 15) is 14.4 Å². The highest BCUT2D eigenvalue weighted by Gasteiger charge is 2.38. The minimum absolute atomic E-state index is 0.170. The van der Waals surface area contributed by atoms with E-state index in [0.29, 0.717) is 12.0 Å². The Balaban J connectivity index is 2.22. The van der Waals surface area contributed by atoms with Crippen LogP contribution < -0.4 is 17.0 Å². The molecule has 122 valence electrons. The highest BCUT2D eigenvalue weighted by molar-refractivity contribution is 5.71. The summed E-state index contributed by atoms with van der Waals surface area (Å²) in [6.45, 7) is 5.25. The van der Waals surface area contributed by atoms with Crippen molar-refractivity contribution >= 4 is 5.97 Å². The molecule has 3 N–H and O–H groups in total. The Morgan fingerprint density at radius 2 is 2.23 bits per heavy atom. The number of nitrogens with two attached hydrogens (primary N) is 1. The third-order valence-corrected chi connectivity index (χ3v) is 3.61. The number of carbonyl (C=O) groups is 1. The van der Waals surface area contributed by atoms with Crippen LogP contribution in [0.4, 0.5) is 0 Å². The fourth-order valence-electron chi connectivity index (χ4n) is 2.29. The Hall–Kier alpha value is -1.93. The second kappa shape index (κ2) is 6.45. The Kier molecular flexibility index (Phi) is 4.82. The minimum atomic E-state index is -0.624. The van der Waals surface area contributed by atoms with Crippen LogP contribution in [0.2, 0.25) is 0 Å². The number of esters is 1. The van der Waals surface area contributed by atoms with E-state index in [-0.39, 0.29) is 18.4 Å². The van der Waals surface area contributed by atoms with Gasteiger partial charge in [-0.15, -0.1) is 0 Å². The molecular formula is C14H21N3O5. The maximum Gasteiger partial charge on any atom is 0.330 e. The third-order valence-electron chi connectivity index (χ3n) is 3.61. The van der Waals surface area contributed by atoms with Gasteiger partial charge in [0.15, 0.2) is 0 Å². The predicted octanol–water partition coefficient (Wildman–Crippen LogP) is -0.341. The number of aromatic amines is 1. The quantitative estimate of drug-likeness (QED) is 0.735. The molecule has 1 aliphatic heterocycles. The van der Waals surface area contributed by atoms with Gasteiger partial charge < -0.3 is 15.2 Å². The Labute approximate surface area is 127 Å². The number of H-pyrrole nitrogens is 1. The molecule has 1 aliphatic rings. The highest BCUT2D eigenvalue weighted by atomic mass is 16.6. The summed E-state index contributed by atoms with van der Waals surface area (Å²) in [6, 6.07) is 0. The number of nitrogens with zero attached hydrogens (tertiary/aromatic N) is 1. The molecule has 2 heterocycles. The van der Waals surface area contributed by atoms with E-state index in [2.05, 4.69) is 4.98 Å². The second-order valence-corrected chi connectivity index (χ2v) is 5.71. The largest absolute Gasteiger partial charge is 0.459 e. The summed E-state index contributed by atoms with van der Waals surface area (Å²) in [5.41, 5.74) is 5.05. The fraction of sp³-hybridized carbons (Fsp3) is 0.643. The van der Waals surface area contributed by atoms with Crippen LogP contribution in [0, 0.1) is 12.8 Å². The summed E-state index contributed by atoms with van der Waals surface area (Å²) in [5, 5.41) is 0. The summed E-state index contributed by atoms with van der Waals surface area (Å²) in [5.74, 6) is -0.590. The molecule has 0 radical (unpaired) electrons. The van der Waals surface area contributed by atoms with Gasteiger partial charge in [-0.1, -0.05) is 13.8 Å². The van der Waals surface area contributed by atoms with E-state index in [1.165, 1.54) is 10.8 Å². The molecule has 8 heteroatoms. The lowest BCUT2D eigenvalue weighted by atomic mass is 10.1. The van der Waals surface area contributed by atoms with Crippen LogP contribution in [0.25, 0.3) is 0 Å². The van der Waals surface area contributed by atoms with Crippen LogP contribution in [-0.2, 0) is 14.3 Å². The predicted molar refractivity (Wildman–Crippen MR) is 78.4 cm³/mol. The van der Waals surface area contributed by atoms with Gasteiger partial charge in [0.05, 0.1) is 5.92 Å². The van der Waals surface area contributed by atoms with Crippen LogP contribution in [-0.4, -0.2) is 34.3 Å². The van der Waals surface area contributed by atoms with Gasteiger partial charge in [0.1, 0.15) is 18.4 Å². The summed E-state index contributed by atoms with van der Waals surface area (Å²) < 4.78 is 12.4. The van der Waals surface area contributed by atoms with E-state index in [1.807, 2.05) is 0 Å². The van der Waals surface area contributed by atoms with Gasteiger partial charge in [0.2, 0.25) is 0 Å². The van der Waals surface area contributed by atoms with Crippen molar-refractivity contribution in [2.75, 3.05) is 6.54 Å². The summed E-state index contributed by atoms with van der Waals surface area (Å²) in [7, 11) is 0.